The van der Waals surface area contributed by atoms with E-state index in [2.05, 4.69) is 0 Å². The van der Waals surface area contributed by atoms with Crippen molar-refractivity contribution in [1.82, 2.24) is 3.50 Å². The molecule has 0 aromatic rings. The van der Waals surface area contributed by atoms with Gasteiger partial charge in [-0.3, -0.25) is 5.21 Å². The van der Waals surface area contributed by atoms with Crippen LogP contribution < -0.4 is 0 Å². The summed E-state index contributed by atoms with van der Waals surface area (Å²) in [5.41, 5.74) is 0. The highest BCUT2D eigenvalue weighted by atomic mass is 127. The molecule has 0 fully saturated rings. The summed E-state index contributed by atoms with van der Waals surface area (Å²) in [7, 11) is 0. The van der Waals surface area contributed by atoms with Gasteiger partial charge in [0.1, 0.15) is 0 Å². The lowest BCUT2D eigenvalue weighted by atomic mass is 13.4. The topological polar surface area (TPSA) is 23.5 Å². The zero-order chi connectivity index (χ0) is 3.58. The average molecular weight is 177 g/mol. The molecule has 0 aliphatic carbocycles. The molecule has 0 spiro atoms. The summed E-state index contributed by atoms with van der Waals surface area (Å²) in [6.45, 7) is 0. The Hall–Kier alpha value is 0.580. The van der Waals surface area contributed by atoms with Gasteiger partial charge < -0.3 is 0 Å². The molecule has 0 saturated carbocycles. The first kappa shape index (κ1) is 4.58. The van der Waals surface area contributed by atoms with E-state index in [1.54, 1.807) is 0 Å². The normalized spacial score (nSPS) is 9.00. The number of nitrogens with zero attached hydrogens (tertiary/aromatic N) is 1. The molecule has 4 heavy (non-hydrogen) atoms. The van der Waals surface area contributed by atoms with E-state index < -0.39 is 3.50 Å². The first-order valence-electron chi connectivity index (χ1n) is 0.538. The Balaban J connectivity index is 2.32. The van der Waals surface area contributed by atoms with Gasteiger partial charge in [-0.05, 0) is 0 Å². The fourth-order valence-corrected chi connectivity index (χ4v) is 0. The van der Waals surface area contributed by atoms with Crippen molar-refractivity contribution >= 4 is 22.9 Å². The summed E-state index contributed by atoms with van der Waals surface area (Å²) in [5.74, 6) is 0. The molecule has 0 bridgehead atoms. The van der Waals surface area contributed by atoms with Crippen LogP contribution in [-0.2, 0) is 0 Å². The minimum atomic E-state index is -0.530. The van der Waals surface area contributed by atoms with Crippen molar-refractivity contribution in [3.63, 3.8) is 0 Å². The lowest BCUT2D eigenvalue weighted by Crippen LogP contribution is -1.80. The van der Waals surface area contributed by atoms with Crippen molar-refractivity contribution < 1.29 is 9.69 Å². The van der Waals surface area contributed by atoms with E-state index in [0.717, 1.165) is 22.9 Å². The molecule has 0 aliphatic heterocycles. The fraction of sp³-hybridized carbons (Fsp3) is 0. The molecule has 4 heteroatoms. The standard InChI is InChI=1S/FHINO/c1-3(2)4/h4H. The van der Waals surface area contributed by atoms with Gasteiger partial charge in [-0.15, -0.1) is 0 Å². The molecule has 2 nitrogen and oxygen atoms in total. The van der Waals surface area contributed by atoms with Crippen molar-refractivity contribution in [2.24, 2.45) is 0 Å². The van der Waals surface area contributed by atoms with Crippen LogP contribution in [0.3, 0.4) is 0 Å². The Morgan fingerprint density at radius 2 is 2.00 bits per heavy atom. The molecule has 0 atom stereocenters. The molecular formula is HFINO. The van der Waals surface area contributed by atoms with Crippen LogP contribution in [0.4, 0.5) is 4.48 Å². The van der Waals surface area contributed by atoms with E-state index in [-0.39, 0.29) is 0 Å². The highest BCUT2D eigenvalue weighted by Crippen LogP contribution is 1.86. The van der Waals surface area contributed by atoms with Crippen molar-refractivity contribution in [2.45, 2.75) is 0 Å². The molecule has 0 amide bonds. The summed E-state index contributed by atoms with van der Waals surface area (Å²) in [6, 6.07) is 0. The summed E-state index contributed by atoms with van der Waals surface area (Å²) < 4.78 is 9.85. The molecule has 0 aromatic carbocycles. The smallest absolute Gasteiger partial charge is 0.0924 e. The Labute approximate surface area is 36.6 Å². The zero-order valence-corrected chi connectivity index (χ0v) is 3.81. The predicted octanol–water partition coefficient (Wildman–Crippen LogP) is 0.912. The third-order valence-electron chi connectivity index (χ3n) is 0. The zero-order valence-electron chi connectivity index (χ0n) is 1.65. The summed E-state index contributed by atoms with van der Waals surface area (Å²) in [5, 5.41) is 7.21. The Bertz CT molecular complexity index is 12.8. The third-order valence-corrected chi connectivity index (χ3v) is 0. The molecule has 26 valence electrons. The van der Waals surface area contributed by atoms with Crippen LogP contribution in [0.15, 0.2) is 0 Å². The van der Waals surface area contributed by atoms with Crippen LogP contribution in [0.2, 0.25) is 0 Å². The minimum absolute atomic E-state index is 0.530. The monoisotopic (exact) mass is 177 g/mol. The molecule has 0 radical (unpaired) electrons. The lowest BCUT2D eigenvalue weighted by molar-refractivity contribution is -0.114. The number of hydrogen-bond acceptors (Lipinski definition) is 2. The quantitative estimate of drug-likeness (QED) is 0.337. The highest BCUT2D eigenvalue weighted by molar-refractivity contribution is 14.1. The van der Waals surface area contributed by atoms with Crippen LogP contribution in [-0.4, -0.2) is 8.71 Å². The first-order valence-corrected chi connectivity index (χ1v) is 1.50. The van der Waals surface area contributed by atoms with Crippen molar-refractivity contribution in [3.8, 4) is 0 Å². The Kier molecular flexibility index (Phi) is 2.13. The van der Waals surface area contributed by atoms with E-state index in [1.165, 1.54) is 0 Å². The predicted molar refractivity (Wildman–Crippen MR) is 18.8 cm³/mol. The molecule has 0 heterocycles. The van der Waals surface area contributed by atoms with Gasteiger partial charge in [-0.1, -0.05) is 4.48 Å². The van der Waals surface area contributed by atoms with Crippen LogP contribution in [0, 0.1) is 0 Å². The maximum absolute atomic E-state index is 10.4. The van der Waals surface area contributed by atoms with Crippen LogP contribution in [0.1, 0.15) is 0 Å². The number of halogens is 2. The van der Waals surface area contributed by atoms with Crippen LogP contribution in [0.5, 0.6) is 0 Å². The molecule has 1 N–H and O–H groups in total. The first-order chi connectivity index (χ1) is 1.73. The van der Waals surface area contributed by atoms with Gasteiger partial charge in [0.15, 0.2) is 0 Å². The van der Waals surface area contributed by atoms with E-state index in [0.29, 0.717) is 0 Å². The van der Waals surface area contributed by atoms with Crippen LogP contribution >= 0.6 is 22.9 Å². The summed E-state index contributed by atoms with van der Waals surface area (Å²) >= 11 is 1.07. The molecule has 0 rings (SSSR count). The van der Waals surface area contributed by atoms with E-state index in [9.17, 15) is 4.48 Å². The lowest BCUT2D eigenvalue weighted by Gasteiger charge is -1.77. The molecular weight excluding hydrogens is 176 g/mol. The summed E-state index contributed by atoms with van der Waals surface area (Å²) in [6.07, 6.45) is 0. The van der Waals surface area contributed by atoms with E-state index >= 15 is 0 Å². The van der Waals surface area contributed by atoms with Crippen LogP contribution in [0.25, 0.3) is 0 Å². The van der Waals surface area contributed by atoms with Gasteiger partial charge in [0, 0.05) is 3.50 Å². The number of hydrogen-bond donors (Lipinski definition) is 1. The number of rotatable bonds is 0. The second-order valence-corrected chi connectivity index (χ2v) is 1.01. The Morgan fingerprint density at radius 3 is 2.00 bits per heavy atom. The fourth-order valence-electron chi connectivity index (χ4n) is 0. The van der Waals surface area contributed by atoms with E-state index in [1.807, 2.05) is 0 Å². The van der Waals surface area contributed by atoms with E-state index in [4.69, 9.17) is 5.21 Å². The second kappa shape index (κ2) is 1.86. The minimum Gasteiger partial charge on any atom is -0.277 e. The van der Waals surface area contributed by atoms with Gasteiger partial charge in [0.25, 0.3) is 0 Å². The maximum atomic E-state index is 10.4. The summed E-state index contributed by atoms with van der Waals surface area (Å²) in [4.78, 5) is 0. The van der Waals surface area contributed by atoms with Crippen molar-refractivity contribution in [2.75, 3.05) is 0 Å². The molecule has 0 aromatic heterocycles. The van der Waals surface area contributed by atoms with Crippen molar-refractivity contribution in [1.29, 1.82) is 0 Å². The van der Waals surface area contributed by atoms with Gasteiger partial charge in [-0.2, -0.15) is 0 Å². The van der Waals surface area contributed by atoms with Gasteiger partial charge in [-0.25, -0.2) is 0 Å². The Morgan fingerprint density at radius 1 is 2.00 bits per heavy atom. The van der Waals surface area contributed by atoms with Crippen molar-refractivity contribution in [3.05, 3.63) is 0 Å². The van der Waals surface area contributed by atoms with Gasteiger partial charge >= 0.3 is 0 Å². The highest BCUT2D eigenvalue weighted by Gasteiger charge is 1.71. The van der Waals surface area contributed by atoms with Gasteiger partial charge in [0.2, 0.25) is 0 Å². The largest absolute Gasteiger partial charge is 0.277 e. The SMILES string of the molecule is ON(F)I. The average Bonchev–Trinajstić information content (AvgIpc) is 0.811. The third kappa shape index (κ3) is 19.1. The van der Waals surface area contributed by atoms with Gasteiger partial charge in [0.05, 0.1) is 22.9 Å². The molecule has 0 unspecified atom stereocenters. The molecule has 0 aliphatic rings. The second-order valence-electron chi connectivity index (χ2n) is 0.215. The maximum Gasteiger partial charge on any atom is 0.0924 e. The molecule has 0 saturated heterocycles.